The fourth-order valence-electron chi connectivity index (χ4n) is 3.59. The number of nitrogens with zero attached hydrogens (tertiary/aromatic N) is 1. The highest BCUT2D eigenvalue weighted by atomic mass is 16.4. The fraction of sp³-hybridized carbons (Fsp3) is 0.400. The summed E-state index contributed by atoms with van der Waals surface area (Å²) >= 11 is 0. The maximum atomic E-state index is 13.0. The largest absolute Gasteiger partial charge is 0.481 e. The van der Waals surface area contributed by atoms with E-state index >= 15 is 0 Å². The van der Waals surface area contributed by atoms with E-state index in [9.17, 15) is 14.7 Å². The molecular weight excluding hydrogens is 302 g/mol. The first-order valence-electron chi connectivity index (χ1n) is 8.59. The zero-order chi connectivity index (χ0) is 17.3. The second-order valence-electron chi connectivity index (χ2n) is 6.52. The summed E-state index contributed by atoms with van der Waals surface area (Å²) < 4.78 is 1.94. The fourth-order valence-corrected chi connectivity index (χ4v) is 3.59. The van der Waals surface area contributed by atoms with E-state index in [0.29, 0.717) is 24.2 Å². The van der Waals surface area contributed by atoms with Gasteiger partial charge < -0.3 is 9.67 Å². The molecule has 0 saturated carbocycles. The molecule has 0 amide bonds. The number of hydrogen-bond acceptors (Lipinski definition) is 2. The lowest BCUT2D eigenvalue weighted by Gasteiger charge is -2.13. The lowest BCUT2D eigenvalue weighted by Crippen LogP contribution is -2.17. The van der Waals surface area contributed by atoms with Gasteiger partial charge in [0.15, 0.2) is 0 Å². The van der Waals surface area contributed by atoms with Crippen LogP contribution in [0.15, 0.2) is 30.3 Å². The molecule has 0 bridgehead atoms. The van der Waals surface area contributed by atoms with E-state index in [1.807, 2.05) is 41.8 Å². The van der Waals surface area contributed by atoms with Crippen molar-refractivity contribution in [3.63, 3.8) is 0 Å². The molecular formula is C20H23NO3. The number of benzene rings is 1. The molecule has 2 aromatic rings. The summed E-state index contributed by atoms with van der Waals surface area (Å²) in [5.41, 5.74) is 4.13. The van der Waals surface area contributed by atoms with Crippen LogP contribution in [0.1, 0.15) is 65.0 Å². The van der Waals surface area contributed by atoms with Gasteiger partial charge in [-0.25, -0.2) is 0 Å². The monoisotopic (exact) mass is 325 g/mol. The quantitative estimate of drug-likeness (QED) is 0.866. The molecule has 3 rings (SSSR count). The van der Waals surface area contributed by atoms with Crippen molar-refractivity contribution in [2.45, 2.75) is 52.0 Å². The number of carbonyl (C=O) groups excluding carboxylic acids is 1. The van der Waals surface area contributed by atoms with Crippen molar-refractivity contribution in [3.8, 4) is 0 Å². The molecule has 2 heterocycles. The molecule has 4 nitrogen and oxygen atoms in total. The number of carboxylic acid groups (broad SMARTS) is 1. The Bertz CT molecular complexity index is 771. The summed E-state index contributed by atoms with van der Waals surface area (Å²) in [7, 11) is 0. The van der Waals surface area contributed by atoms with Gasteiger partial charge in [-0.3, -0.25) is 9.59 Å². The van der Waals surface area contributed by atoms with E-state index < -0.39 is 11.9 Å². The summed E-state index contributed by atoms with van der Waals surface area (Å²) in [6.07, 6.45) is 3.35. The molecule has 1 unspecified atom stereocenters. The first-order valence-corrected chi connectivity index (χ1v) is 8.59. The molecule has 1 aliphatic heterocycles. The number of carbonyl (C=O) groups is 2. The average Bonchev–Trinajstić information content (AvgIpc) is 2.76. The van der Waals surface area contributed by atoms with Gasteiger partial charge in [0.05, 0.1) is 11.6 Å². The van der Waals surface area contributed by atoms with E-state index in [1.165, 1.54) is 5.56 Å². The summed E-state index contributed by atoms with van der Waals surface area (Å²) in [5, 5.41) is 9.53. The minimum absolute atomic E-state index is 0.0209. The third-order valence-electron chi connectivity index (χ3n) is 4.94. The molecule has 1 aliphatic rings. The molecule has 1 atom stereocenters. The number of rotatable bonds is 4. The van der Waals surface area contributed by atoms with Gasteiger partial charge in [0.1, 0.15) is 0 Å². The summed E-state index contributed by atoms with van der Waals surface area (Å²) in [6, 6.07) is 9.58. The molecule has 0 aliphatic carbocycles. The third-order valence-corrected chi connectivity index (χ3v) is 4.94. The molecule has 1 aromatic carbocycles. The second-order valence-corrected chi connectivity index (χ2v) is 6.52. The summed E-state index contributed by atoms with van der Waals surface area (Å²) in [4.78, 5) is 24.6. The van der Waals surface area contributed by atoms with Gasteiger partial charge in [-0.2, -0.15) is 0 Å². The van der Waals surface area contributed by atoms with Crippen LogP contribution in [0.25, 0.3) is 0 Å². The van der Waals surface area contributed by atoms with E-state index in [2.05, 4.69) is 6.92 Å². The molecule has 0 radical (unpaired) electrons. The van der Waals surface area contributed by atoms with Gasteiger partial charge in [0, 0.05) is 17.8 Å². The van der Waals surface area contributed by atoms with Crippen molar-refractivity contribution in [1.29, 1.82) is 0 Å². The maximum absolute atomic E-state index is 13.0. The van der Waals surface area contributed by atoms with Crippen molar-refractivity contribution >= 4 is 11.8 Å². The summed E-state index contributed by atoms with van der Waals surface area (Å²) in [6.45, 7) is 4.69. The highest BCUT2D eigenvalue weighted by Crippen LogP contribution is 2.32. The van der Waals surface area contributed by atoms with Crippen LogP contribution in [0.2, 0.25) is 0 Å². The molecule has 1 aromatic heterocycles. The Morgan fingerprint density at radius 2 is 1.92 bits per heavy atom. The van der Waals surface area contributed by atoms with Crippen LogP contribution in [0.5, 0.6) is 0 Å². The molecule has 24 heavy (non-hydrogen) atoms. The normalized spacial score (nSPS) is 17.2. The topological polar surface area (TPSA) is 59.3 Å². The van der Waals surface area contributed by atoms with Crippen molar-refractivity contribution in [2.75, 3.05) is 0 Å². The molecule has 126 valence electrons. The van der Waals surface area contributed by atoms with E-state index in [4.69, 9.17) is 0 Å². The minimum Gasteiger partial charge on any atom is -0.481 e. The van der Waals surface area contributed by atoms with Crippen LogP contribution in [0.3, 0.4) is 0 Å². The van der Waals surface area contributed by atoms with Crippen molar-refractivity contribution in [3.05, 3.63) is 58.4 Å². The summed E-state index contributed by atoms with van der Waals surface area (Å²) in [5.74, 6) is -1.34. The SMILES string of the molecule is CCc1ccc(C(=O)c2c(C)cc3n2CCCCC3C(=O)O)cc1. The van der Waals surface area contributed by atoms with E-state index in [-0.39, 0.29) is 5.78 Å². The number of hydrogen-bond donors (Lipinski definition) is 1. The highest BCUT2D eigenvalue weighted by molar-refractivity contribution is 6.09. The average molecular weight is 325 g/mol. The molecule has 0 saturated heterocycles. The van der Waals surface area contributed by atoms with Crippen molar-refractivity contribution in [1.82, 2.24) is 4.57 Å². The first-order chi connectivity index (χ1) is 11.5. The first kappa shape index (κ1) is 16.5. The highest BCUT2D eigenvalue weighted by Gasteiger charge is 2.29. The van der Waals surface area contributed by atoms with Gasteiger partial charge in [0.25, 0.3) is 0 Å². The Labute approximate surface area is 142 Å². The van der Waals surface area contributed by atoms with Gasteiger partial charge in [0.2, 0.25) is 5.78 Å². The van der Waals surface area contributed by atoms with Gasteiger partial charge in [-0.15, -0.1) is 0 Å². The lowest BCUT2D eigenvalue weighted by atomic mass is 9.99. The number of aromatic nitrogens is 1. The minimum atomic E-state index is -0.804. The van der Waals surface area contributed by atoms with Crippen LogP contribution in [0, 0.1) is 6.92 Å². The third kappa shape index (κ3) is 2.88. The van der Waals surface area contributed by atoms with Crippen LogP contribution in [0.4, 0.5) is 0 Å². The Kier molecular flexibility index (Phi) is 4.56. The smallest absolute Gasteiger partial charge is 0.312 e. The zero-order valence-electron chi connectivity index (χ0n) is 14.2. The van der Waals surface area contributed by atoms with Crippen LogP contribution in [-0.2, 0) is 17.8 Å². The van der Waals surface area contributed by atoms with Crippen LogP contribution < -0.4 is 0 Å². The van der Waals surface area contributed by atoms with E-state index in [1.54, 1.807) is 0 Å². The molecule has 0 fully saturated rings. The van der Waals surface area contributed by atoms with Crippen LogP contribution in [-0.4, -0.2) is 21.4 Å². The molecule has 1 N–H and O–H groups in total. The number of fused-ring (bicyclic) bond motifs is 1. The van der Waals surface area contributed by atoms with Crippen molar-refractivity contribution in [2.24, 2.45) is 0 Å². The Balaban J connectivity index is 2.04. The van der Waals surface area contributed by atoms with Crippen molar-refractivity contribution < 1.29 is 14.7 Å². The van der Waals surface area contributed by atoms with Crippen LogP contribution >= 0.6 is 0 Å². The van der Waals surface area contributed by atoms with Gasteiger partial charge in [-0.1, -0.05) is 37.6 Å². The number of ketones is 1. The lowest BCUT2D eigenvalue weighted by molar-refractivity contribution is -0.139. The predicted molar refractivity (Wildman–Crippen MR) is 92.6 cm³/mol. The van der Waals surface area contributed by atoms with Gasteiger partial charge in [-0.05, 0) is 43.4 Å². The Morgan fingerprint density at radius 3 is 2.54 bits per heavy atom. The predicted octanol–water partition coefficient (Wildman–Crippen LogP) is 3.94. The standard InChI is InChI=1S/C20H23NO3/c1-3-14-7-9-15(10-8-14)19(22)18-13(2)12-17-16(20(23)24)6-4-5-11-21(17)18/h7-10,12,16H,3-6,11H2,1-2H3,(H,23,24). The van der Waals surface area contributed by atoms with E-state index in [0.717, 1.165) is 30.5 Å². The number of aryl methyl sites for hydroxylation is 2. The Morgan fingerprint density at radius 1 is 1.21 bits per heavy atom. The van der Waals surface area contributed by atoms with Gasteiger partial charge >= 0.3 is 5.97 Å². The number of carboxylic acids is 1. The molecule has 0 spiro atoms. The Hall–Kier alpha value is -2.36. The zero-order valence-corrected chi connectivity index (χ0v) is 14.2. The maximum Gasteiger partial charge on any atom is 0.312 e. The molecule has 4 heteroatoms. The second kappa shape index (κ2) is 6.63. The number of aliphatic carboxylic acids is 1.